The second-order valence-electron chi connectivity index (χ2n) is 9.72. The zero-order valence-electron chi connectivity index (χ0n) is 20.6. The first-order chi connectivity index (χ1) is 17.6. The standard InChI is InChI=1S/C28H31NO8/c1-37-19-7-3-15(4-8-19)2-5-16-6-9-21(31)25-20(16)13-17-12-18(10-11-30)28(36,22(32)14-23(29)33)27(35)24(17)26(25)34/h3-4,6-9,17-18,30-31,34,36H,2,5,10-14H2,1H3,(H2,29,33)/t17-,18-,28-/m1/s1. The number of aromatic hydroxyl groups is 1. The highest BCUT2D eigenvalue weighted by molar-refractivity contribution is 6.23. The summed E-state index contributed by atoms with van der Waals surface area (Å²) in [5, 5.41) is 42.7. The van der Waals surface area contributed by atoms with Crippen molar-refractivity contribution in [2.24, 2.45) is 17.6 Å². The van der Waals surface area contributed by atoms with Gasteiger partial charge in [-0.3, -0.25) is 14.4 Å². The van der Waals surface area contributed by atoms with Crippen LogP contribution in [0, 0.1) is 11.8 Å². The fourth-order valence-corrected chi connectivity index (χ4v) is 5.69. The van der Waals surface area contributed by atoms with Gasteiger partial charge in [-0.15, -0.1) is 0 Å². The summed E-state index contributed by atoms with van der Waals surface area (Å²) in [5.74, 6) is -4.52. The number of aryl methyl sites for hydroxylation is 2. The second-order valence-corrected chi connectivity index (χ2v) is 9.72. The van der Waals surface area contributed by atoms with Crippen LogP contribution in [-0.4, -0.2) is 57.2 Å². The first-order valence-electron chi connectivity index (χ1n) is 12.2. The van der Waals surface area contributed by atoms with Crippen molar-refractivity contribution in [1.29, 1.82) is 0 Å². The number of fused-ring (bicyclic) bond motifs is 2. The maximum Gasteiger partial charge on any atom is 0.225 e. The molecule has 0 radical (unpaired) electrons. The van der Waals surface area contributed by atoms with E-state index in [2.05, 4.69) is 0 Å². The molecule has 4 rings (SSSR count). The first kappa shape index (κ1) is 26.4. The molecule has 1 saturated carbocycles. The minimum Gasteiger partial charge on any atom is -0.507 e. The van der Waals surface area contributed by atoms with Gasteiger partial charge in [0.05, 0.1) is 19.1 Å². The summed E-state index contributed by atoms with van der Waals surface area (Å²) in [6, 6.07) is 10.9. The lowest BCUT2D eigenvalue weighted by Crippen LogP contribution is -2.59. The number of ether oxygens (including phenoxy) is 1. The highest BCUT2D eigenvalue weighted by Crippen LogP contribution is 2.49. The maximum absolute atomic E-state index is 13.6. The average molecular weight is 510 g/mol. The Bertz CT molecular complexity index is 1270. The van der Waals surface area contributed by atoms with Crippen molar-refractivity contribution in [2.75, 3.05) is 13.7 Å². The largest absolute Gasteiger partial charge is 0.507 e. The van der Waals surface area contributed by atoms with E-state index in [1.165, 1.54) is 6.07 Å². The second kappa shape index (κ2) is 10.4. The number of amides is 1. The van der Waals surface area contributed by atoms with Gasteiger partial charge in [0.2, 0.25) is 11.7 Å². The quantitative estimate of drug-likeness (QED) is 0.319. The van der Waals surface area contributed by atoms with Crippen molar-refractivity contribution in [3.63, 3.8) is 0 Å². The topological polar surface area (TPSA) is 167 Å². The molecule has 6 N–H and O–H groups in total. The van der Waals surface area contributed by atoms with Gasteiger partial charge in [-0.05, 0) is 72.9 Å². The van der Waals surface area contributed by atoms with Gasteiger partial charge in [-0.2, -0.15) is 0 Å². The smallest absolute Gasteiger partial charge is 0.225 e. The van der Waals surface area contributed by atoms with Gasteiger partial charge < -0.3 is 30.9 Å². The van der Waals surface area contributed by atoms with Crippen LogP contribution in [0.5, 0.6) is 11.5 Å². The number of carbonyl (C=O) groups is 3. The van der Waals surface area contributed by atoms with Crippen molar-refractivity contribution in [3.8, 4) is 11.5 Å². The van der Waals surface area contributed by atoms with Gasteiger partial charge in [-0.1, -0.05) is 18.2 Å². The molecule has 0 unspecified atom stereocenters. The number of hydrogen-bond acceptors (Lipinski definition) is 8. The van der Waals surface area contributed by atoms with Crippen molar-refractivity contribution in [3.05, 3.63) is 64.2 Å². The molecule has 2 aromatic rings. The van der Waals surface area contributed by atoms with Crippen LogP contribution in [0.25, 0.3) is 5.76 Å². The molecule has 0 aliphatic heterocycles. The summed E-state index contributed by atoms with van der Waals surface area (Å²) in [6.45, 7) is -0.383. The molecule has 0 saturated heterocycles. The van der Waals surface area contributed by atoms with Gasteiger partial charge in [-0.25, -0.2) is 0 Å². The lowest BCUT2D eigenvalue weighted by molar-refractivity contribution is -0.159. The SMILES string of the molecule is COc1ccc(CCc2ccc(O)c3c2C[C@H]2C[C@@H](CCO)[C@@](O)(C(=O)CC(N)=O)C(=O)C2=C3O)cc1. The molecule has 1 fully saturated rings. The Morgan fingerprint density at radius 2 is 1.81 bits per heavy atom. The van der Waals surface area contributed by atoms with Crippen molar-refractivity contribution in [2.45, 2.75) is 44.1 Å². The van der Waals surface area contributed by atoms with E-state index < -0.39 is 47.1 Å². The number of methoxy groups -OCH3 is 1. The number of benzene rings is 2. The molecule has 9 heteroatoms. The minimum atomic E-state index is -2.60. The fraction of sp³-hybridized carbons (Fsp3) is 0.393. The summed E-state index contributed by atoms with van der Waals surface area (Å²) in [7, 11) is 1.60. The molecule has 196 valence electrons. The van der Waals surface area contributed by atoms with Crippen LogP contribution in [0.1, 0.15) is 41.5 Å². The monoisotopic (exact) mass is 509 g/mol. The van der Waals surface area contributed by atoms with Gasteiger partial charge >= 0.3 is 0 Å². The molecule has 2 aliphatic carbocycles. The Kier molecular flexibility index (Phi) is 7.38. The number of nitrogens with two attached hydrogens (primary N) is 1. The molecule has 3 atom stereocenters. The number of phenols is 1. The Morgan fingerprint density at radius 1 is 1.11 bits per heavy atom. The lowest BCUT2D eigenvalue weighted by atomic mass is 9.61. The molecule has 9 nitrogen and oxygen atoms in total. The van der Waals surface area contributed by atoms with Crippen LogP contribution in [0.4, 0.5) is 0 Å². The molecule has 2 aromatic carbocycles. The molecule has 0 spiro atoms. The molecule has 37 heavy (non-hydrogen) atoms. The van der Waals surface area contributed by atoms with Crippen LogP contribution in [0.15, 0.2) is 42.0 Å². The van der Waals surface area contributed by atoms with E-state index in [0.717, 1.165) is 16.9 Å². The summed E-state index contributed by atoms with van der Waals surface area (Å²) in [4.78, 5) is 37.8. The van der Waals surface area contributed by atoms with Crippen molar-refractivity contribution >= 4 is 23.2 Å². The van der Waals surface area contributed by atoms with Gasteiger partial charge in [0.15, 0.2) is 11.4 Å². The number of carbonyl (C=O) groups excluding carboxylic acids is 3. The summed E-state index contributed by atoms with van der Waals surface area (Å²) in [5.41, 5.74) is 5.16. The first-order valence-corrected chi connectivity index (χ1v) is 12.2. The van der Waals surface area contributed by atoms with Gasteiger partial charge in [0.25, 0.3) is 0 Å². The average Bonchev–Trinajstić information content (AvgIpc) is 2.86. The Hall–Kier alpha value is -3.69. The van der Waals surface area contributed by atoms with E-state index in [4.69, 9.17) is 10.5 Å². The maximum atomic E-state index is 13.6. The number of hydrogen-bond donors (Lipinski definition) is 5. The van der Waals surface area contributed by atoms with Crippen LogP contribution in [0.3, 0.4) is 0 Å². The van der Waals surface area contributed by atoms with Crippen LogP contribution in [0.2, 0.25) is 0 Å². The normalized spacial score (nSPS) is 22.8. The lowest BCUT2D eigenvalue weighted by Gasteiger charge is -2.43. The highest BCUT2D eigenvalue weighted by Gasteiger charge is 2.57. The zero-order valence-corrected chi connectivity index (χ0v) is 20.6. The highest BCUT2D eigenvalue weighted by atomic mass is 16.5. The Labute approximate surface area is 214 Å². The molecule has 0 aromatic heterocycles. The predicted molar refractivity (Wildman–Crippen MR) is 134 cm³/mol. The summed E-state index contributed by atoms with van der Waals surface area (Å²) >= 11 is 0. The molecule has 1 amide bonds. The van der Waals surface area contributed by atoms with E-state index >= 15 is 0 Å². The fourth-order valence-electron chi connectivity index (χ4n) is 5.69. The van der Waals surface area contributed by atoms with E-state index in [0.29, 0.717) is 24.8 Å². The third kappa shape index (κ3) is 4.72. The number of ketones is 2. The van der Waals surface area contributed by atoms with E-state index in [-0.39, 0.29) is 36.3 Å². The van der Waals surface area contributed by atoms with Crippen LogP contribution < -0.4 is 10.5 Å². The predicted octanol–water partition coefficient (Wildman–Crippen LogP) is 1.77. The summed E-state index contributed by atoms with van der Waals surface area (Å²) < 4.78 is 5.20. The number of primary amides is 1. The van der Waals surface area contributed by atoms with E-state index in [1.54, 1.807) is 13.2 Å². The number of Topliss-reactive ketones (excluding diaryl/α,β-unsaturated/α-hetero) is 2. The van der Waals surface area contributed by atoms with Crippen LogP contribution in [-0.2, 0) is 33.6 Å². The van der Waals surface area contributed by atoms with Gasteiger partial charge in [0, 0.05) is 18.1 Å². The third-order valence-corrected chi connectivity index (χ3v) is 7.57. The van der Waals surface area contributed by atoms with Crippen molar-refractivity contribution in [1.82, 2.24) is 0 Å². The minimum absolute atomic E-state index is 0.0471. The van der Waals surface area contributed by atoms with E-state index in [9.17, 15) is 34.8 Å². The molecular weight excluding hydrogens is 478 g/mol. The van der Waals surface area contributed by atoms with Crippen molar-refractivity contribution < 1.29 is 39.5 Å². The number of aliphatic hydroxyl groups is 3. The summed E-state index contributed by atoms with van der Waals surface area (Å²) in [6.07, 6.45) is 0.833. The molecular formula is C28H31NO8. The Balaban J connectivity index is 1.72. The third-order valence-electron chi connectivity index (χ3n) is 7.57. The van der Waals surface area contributed by atoms with E-state index in [1.807, 2.05) is 24.3 Å². The van der Waals surface area contributed by atoms with Gasteiger partial charge in [0.1, 0.15) is 17.3 Å². The number of aliphatic hydroxyl groups excluding tert-OH is 2. The van der Waals surface area contributed by atoms with Crippen LogP contribution >= 0.6 is 0 Å². The molecule has 2 aliphatic rings. The zero-order chi connectivity index (χ0) is 26.9. The molecule has 0 bridgehead atoms. The number of phenolic OH excluding ortho intramolecular Hbond substituents is 1. The Morgan fingerprint density at radius 3 is 2.43 bits per heavy atom. The number of rotatable bonds is 9. The molecule has 0 heterocycles.